The second kappa shape index (κ2) is 5.85. The predicted molar refractivity (Wildman–Crippen MR) is 67.6 cm³/mol. The van der Waals surface area contributed by atoms with E-state index in [9.17, 15) is 9.59 Å². The first-order chi connectivity index (χ1) is 9.16. The van der Waals surface area contributed by atoms with Crippen LogP contribution < -0.4 is 16.3 Å². The molecule has 2 heterocycles. The molecule has 7 nitrogen and oxygen atoms in total. The van der Waals surface area contributed by atoms with Crippen molar-refractivity contribution in [1.29, 1.82) is 0 Å². The number of hydrazone groups is 1. The third-order valence-electron chi connectivity index (χ3n) is 2.67. The lowest BCUT2D eigenvalue weighted by Gasteiger charge is -2.05. The number of hydrogen-bond acceptors (Lipinski definition) is 5. The van der Waals surface area contributed by atoms with Crippen LogP contribution in [0.2, 0.25) is 0 Å². The van der Waals surface area contributed by atoms with Crippen LogP contribution in [-0.4, -0.2) is 18.0 Å². The van der Waals surface area contributed by atoms with E-state index in [1.807, 2.05) is 0 Å². The maximum atomic E-state index is 11.5. The normalized spacial score (nSPS) is 18.4. The average Bonchev–Trinajstić information content (AvgIpc) is 2.99. The molecule has 3 N–H and O–H groups in total. The standard InChI is InChI=1S/C12H14N4O3/c1-8-10(12(18)16-14-8)4-5-11(17)15-13-7-9-3-2-6-19-9/h2-3,6-7,10,14H,1,4-5H2,(H,15,17)(H,16,18). The van der Waals surface area contributed by atoms with Crippen molar-refractivity contribution in [2.24, 2.45) is 11.0 Å². The van der Waals surface area contributed by atoms with E-state index in [-0.39, 0.29) is 24.2 Å². The van der Waals surface area contributed by atoms with Gasteiger partial charge in [-0.25, -0.2) is 5.43 Å². The molecule has 0 aliphatic carbocycles. The fourth-order valence-corrected chi connectivity index (χ4v) is 1.64. The number of rotatable bonds is 5. The number of carbonyl (C=O) groups is 2. The van der Waals surface area contributed by atoms with Gasteiger partial charge in [0, 0.05) is 12.1 Å². The number of carbonyl (C=O) groups excluding carboxylic acids is 2. The van der Waals surface area contributed by atoms with Crippen molar-refractivity contribution in [3.05, 3.63) is 36.4 Å². The molecule has 19 heavy (non-hydrogen) atoms. The highest BCUT2D eigenvalue weighted by atomic mass is 16.3. The summed E-state index contributed by atoms with van der Waals surface area (Å²) < 4.78 is 5.01. The molecule has 0 bridgehead atoms. The highest BCUT2D eigenvalue weighted by Crippen LogP contribution is 2.17. The largest absolute Gasteiger partial charge is 0.463 e. The van der Waals surface area contributed by atoms with Gasteiger partial charge < -0.3 is 9.84 Å². The first-order valence-corrected chi connectivity index (χ1v) is 5.77. The third-order valence-corrected chi connectivity index (χ3v) is 2.67. The van der Waals surface area contributed by atoms with Gasteiger partial charge in [0.1, 0.15) is 5.76 Å². The van der Waals surface area contributed by atoms with Gasteiger partial charge in [-0.1, -0.05) is 6.58 Å². The second-order valence-corrected chi connectivity index (χ2v) is 4.04. The maximum Gasteiger partial charge on any atom is 0.247 e. The molecule has 2 rings (SSSR count). The van der Waals surface area contributed by atoms with Crippen LogP contribution >= 0.6 is 0 Å². The van der Waals surface area contributed by atoms with Gasteiger partial charge in [0.2, 0.25) is 11.8 Å². The molecule has 0 aromatic carbocycles. The van der Waals surface area contributed by atoms with Gasteiger partial charge in [0.05, 0.1) is 18.4 Å². The summed E-state index contributed by atoms with van der Waals surface area (Å²) in [5.41, 5.74) is 8.02. The fourth-order valence-electron chi connectivity index (χ4n) is 1.64. The van der Waals surface area contributed by atoms with Crippen LogP contribution in [0, 0.1) is 5.92 Å². The molecular weight excluding hydrogens is 248 g/mol. The molecule has 1 aliphatic heterocycles. The fraction of sp³-hybridized carbons (Fsp3) is 0.250. The minimum Gasteiger partial charge on any atom is -0.463 e. The van der Waals surface area contributed by atoms with Gasteiger partial charge in [-0.3, -0.25) is 15.0 Å². The molecule has 2 amide bonds. The number of nitrogens with one attached hydrogen (secondary N) is 3. The number of amides is 2. The van der Waals surface area contributed by atoms with Crippen LogP contribution in [-0.2, 0) is 9.59 Å². The van der Waals surface area contributed by atoms with Gasteiger partial charge in [-0.15, -0.1) is 0 Å². The van der Waals surface area contributed by atoms with Gasteiger partial charge in [0.25, 0.3) is 0 Å². The molecule has 1 aromatic heterocycles. The Balaban J connectivity index is 1.73. The summed E-state index contributed by atoms with van der Waals surface area (Å²) in [5, 5.41) is 3.74. The Bertz CT molecular complexity index is 491. The topological polar surface area (TPSA) is 95.7 Å². The smallest absolute Gasteiger partial charge is 0.247 e. The molecule has 1 fully saturated rings. The van der Waals surface area contributed by atoms with E-state index in [0.29, 0.717) is 17.9 Å². The highest BCUT2D eigenvalue weighted by Gasteiger charge is 2.27. The van der Waals surface area contributed by atoms with E-state index >= 15 is 0 Å². The molecular formula is C12H14N4O3. The van der Waals surface area contributed by atoms with E-state index in [2.05, 4.69) is 28.0 Å². The minimum atomic E-state index is -0.375. The van der Waals surface area contributed by atoms with Crippen molar-refractivity contribution in [3.63, 3.8) is 0 Å². The van der Waals surface area contributed by atoms with Gasteiger partial charge in [0.15, 0.2) is 0 Å². The lowest BCUT2D eigenvalue weighted by Crippen LogP contribution is -2.26. The van der Waals surface area contributed by atoms with Crippen LogP contribution in [0.1, 0.15) is 18.6 Å². The van der Waals surface area contributed by atoms with E-state index in [1.165, 1.54) is 12.5 Å². The van der Waals surface area contributed by atoms with Crippen LogP contribution in [0.15, 0.2) is 40.2 Å². The zero-order chi connectivity index (χ0) is 13.7. The first kappa shape index (κ1) is 12.9. The Morgan fingerprint density at radius 3 is 3.05 bits per heavy atom. The third kappa shape index (κ3) is 3.44. The van der Waals surface area contributed by atoms with Crippen LogP contribution in [0.4, 0.5) is 0 Å². The number of nitrogens with zero attached hydrogens (tertiary/aromatic N) is 1. The summed E-state index contributed by atoms with van der Waals surface area (Å²) in [4.78, 5) is 22.9. The van der Waals surface area contributed by atoms with Gasteiger partial charge >= 0.3 is 0 Å². The first-order valence-electron chi connectivity index (χ1n) is 5.77. The minimum absolute atomic E-state index is 0.170. The monoisotopic (exact) mass is 262 g/mol. The SMILES string of the molecule is C=C1NNC(=O)C1CCC(=O)NN=Cc1ccco1. The molecule has 1 saturated heterocycles. The Morgan fingerprint density at radius 2 is 2.42 bits per heavy atom. The Hall–Kier alpha value is -2.57. The lowest BCUT2D eigenvalue weighted by molar-refractivity contribution is -0.123. The highest BCUT2D eigenvalue weighted by molar-refractivity contribution is 5.85. The van der Waals surface area contributed by atoms with E-state index in [1.54, 1.807) is 12.1 Å². The Labute approximate surface area is 109 Å². The second-order valence-electron chi connectivity index (χ2n) is 4.04. The molecule has 7 heteroatoms. The number of hydrazine groups is 1. The summed E-state index contributed by atoms with van der Waals surface area (Å²) in [6.45, 7) is 3.69. The quantitative estimate of drug-likeness (QED) is 0.524. The van der Waals surface area contributed by atoms with Crippen LogP contribution in [0.25, 0.3) is 0 Å². The molecule has 1 unspecified atom stereocenters. The molecule has 0 saturated carbocycles. The van der Waals surface area contributed by atoms with E-state index in [4.69, 9.17) is 4.42 Å². The number of hydrogen-bond donors (Lipinski definition) is 3. The van der Waals surface area contributed by atoms with Crippen LogP contribution in [0.5, 0.6) is 0 Å². The lowest BCUT2D eigenvalue weighted by atomic mass is 10.0. The molecule has 0 spiro atoms. The summed E-state index contributed by atoms with van der Waals surface area (Å²) in [5.74, 6) is -0.264. The van der Waals surface area contributed by atoms with Crippen LogP contribution in [0.3, 0.4) is 0 Å². The van der Waals surface area contributed by atoms with E-state index in [0.717, 1.165) is 0 Å². The maximum absolute atomic E-state index is 11.5. The summed E-state index contributed by atoms with van der Waals surface area (Å²) >= 11 is 0. The zero-order valence-electron chi connectivity index (χ0n) is 10.2. The Kier molecular flexibility index (Phi) is 3.97. The molecule has 1 aromatic rings. The number of furan rings is 1. The summed E-state index contributed by atoms with van der Waals surface area (Å²) in [6, 6.07) is 3.44. The average molecular weight is 262 g/mol. The Morgan fingerprint density at radius 1 is 1.58 bits per heavy atom. The van der Waals surface area contributed by atoms with Crippen molar-refractivity contribution in [2.75, 3.05) is 0 Å². The van der Waals surface area contributed by atoms with Crippen molar-refractivity contribution >= 4 is 18.0 Å². The van der Waals surface area contributed by atoms with Crippen molar-refractivity contribution in [2.45, 2.75) is 12.8 Å². The summed E-state index contributed by atoms with van der Waals surface area (Å²) in [6.07, 6.45) is 3.50. The van der Waals surface area contributed by atoms with Crippen molar-refractivity contribution in [3.8, 4) is 0 Å². The van der Waals surface area contributed by atoms with Crippen molar-refractivity contribution in [1.82, 2.24) is 16.3 Å². The van der Waals surface area contributed by atoms with Gasteiger partial charge in [-0.05, 0) is 18.6 Å². The van der Waals surface area contributed by atoms with Crippen molar-refractivity contribution < 1.29 is 14.0 Å². The molecule has 100 valence electrons. The van der Waals surface area contributed by atoms with Gasteiger partial charge in [-0.2, -0.15) is 5.10 Å². The van der Waals surface area contributed by atoms with E-state index < -0.39 is 0 Å². The molecule has 0 radical (unpaired) electrons. The predicted octanol–water partition coefficient (Wildman–Crippen LogP) is 0.274. The summed E-state index contributed by atoms with van der Waals surface area (Å²) in [7, 11) is 0. The molecule has 1 aliphatic rings. The zero-order valence-corrected chi connectivity index (χ0v) is 10.2. The molecule has 1 atom stereocenters.